The van der Waals surface area contributed by atoms with Gasteiger partial charge in [0.15, 0.2) is 0 Å². The number of hydrogen-bond donors (Lipinski definition) is 1. The summed E-state index contributed by atoms with van der Waals surface area (Å²) in [6.07, 6.45) is 6.21. The van der Waals surface area contributed by atoms with Gasteiger partial charge in [0.2, 0.25) is 0 Å². The van der Waals surface area contributed by atoms with Crippen molar-refractivity contribution in [3.63, 3.8) is 0 Å². The van der Waals surface area contributed by atoms with E-state index >= 15 is 0 Å². The van der Waals surface area contributed by atoms with Gasteiger partial charge < -0.3 is 19.6 Å². The summed E-state index contributed by atoms with van der Waals surface area (Å²) in [5.74, 6) is 0. The van der Waals surface area contributed by atoms with E-state index < -0.39 is 0 Å². The van der Waals surface area contributed by atoms with Crippen LogP contribution in [0, 0.1) is 0 Å². The summed E-state index contributed by atoms with van der Waals surface area (Å²) < 4.78 is 5.58. The Morgan fingerprint density at radius 3 is 1.62 bits per heavy atom. The molecule has 9 heteroatoms. The number of methoxy groups -OCH3 is 1. The van der Waals surface area contributed by atoms with Crippen molar-refractivity contribution in [1.82, 2.24) is 9.97 Å². The standard InChI is InChI=1S/C16H20N2OS.C15H18N2OS.ClH/c1-18(2)12-9-7-11(8-10-12)16-17-13-5-4-6-14(19-3)15(13)20-16;1-17(2)11-8-6-10(7-9-11)15-16-12-4-3-5-13(18)14(12)19-15;/h7-10,14H,4-6H2,1-3H3;6-9,13,18H,3-5H2,1-2H3;1H. The molecular formula is C31H39ClN4O2S2. The molecule has 1 N–H and O–H groups in total. The molecule has 214 valence electrons. The first-order valence-electron chi connectivity index (χ1n) is 13.6. The molecule has 2 unspecified atom stereocenters. The molecule has 0 fully saturated rings. The van der Waals surface area contributed by atoms with Gasteiger partial charge in [0.05, 0.1) is 33.4 Å². The first kappa shape index (κ1) is 30.5. The monoisotopic (exact) mass is 598 g/mol. The van der Waals surface area contributed by atoms with Crippen molar-refractivity contribution in [2.75, 3.05) is 45.1 Å². The molecule has 0 bridgehead atoms. The number of anilines is 2. The topological polar surface area (TPSA) is 61.7 Å². The minimum Gasteiger partial charge on any atom is -0.388 e. The van der Waals surface area contributed by atoms with E-state index in [-0.39, 0.29) is 24.6 Å². The molecule has 0 spiro atoms. The highest BCUT2D eigenvalue weighted by atomic mass is 35.5. The van der Waals surface area contributed by atoms with E-state index in [2.05, 4.69) is 72.4 Å². The van der Waals surface area contributed by atoms with Gasteiger partial charge in [0, 0.05) is 57.8 Å². The fraction of sp³-hybridized carbons (Fsp3) is 0.419. The molecule has 0 saturated carbocycles. The second kappa shape index (κ2) is 13.4. The van der Waals surface area contributed by atoms with Crippen molar-refractivity contribution in [2.24, 2.45) is 0 Å². The molecule has 40 heavy (non-hydrogen) atoms. The van der Waals surface area contributed by atoms with Crippen LogP contribution >= 0.6 is 35.1 Å². The van der Waals surface area contributed by atoms with Crippen LogP contribution in [0.25, 0.3) is 21.1 Å². The van der Waals surface area contributed by atoms with E-state index in [0.717, 1.165) is 58.3 Å². The molecule has 6 rings (SSSR count). The van der Waals surface area contributed by atoms with Gasteiger partial charge in [-0.3, -0.25) is 0 Å². The van der Waals surface area contributed by atoms with E-state index in [1.165, 1.54) is 33.9 Å². The Kier molecular flexibility index (Phi) is 10.2. The van der Waals surface area contributed by atoms with Crippen LogP contribution in [0.15, 0.2) is 48.5 Å². The summed E-state index contributed by atoms with van der Waals surface area (Å²) >= 11 is 3.42. The maximum atomic E-state index is 10.0. The Morgan fingerprint density at radius 2 is 1.18 bits per heavy atom. The van der Waals surface area contributed by atoms with Crippen molar-refractivity contribution >= 4 is 46.5 Å². The Morgan fingerprint density at radius 1 is 0.725 bits per heavy atom. The van der Waals surface area contributed by atoms with Gasteiger partial charge in [-0.2, -0.15) is 0 Å². The molecular weight excluding hydrogens is 560 g/mol. The Balaban J connectivity index is 0.000000181. The molecule has 6 nitrogen and oxygen atoms in total. The first-order chi connectivity index (χ1) is 18.8. The Labute approximate surface area is 252 Å². The molecule has 0 saturated heterocycles. The molecule has 2 aliphatic rings. The number of halogens is 1. The molecule has 2 aromatic heterocycles. The summed E-state index contributed by atoms with van der Waals surface area (Å²) in [5, 5.41) is 12.1. The van der Waals surface area contributed by atoms with E-state index in [4.69, 9.17) is 14.7 Å². The molecule has 2 aromatic carbocycles. The largest absolute Gasteiger partial charge is 0.388 e. The third-order valence-electron chi connectivity index (χ3n) is 7.37. The number of ether oxygens (including phenoxy) is 1. The average Bonchev–Trinajstić information content (AvgIpc) is 3.59. The number of fused-ring (bicyclic) bond motifs is 2. The third-order valence-corrected chi connectivity index (χ3v) is 9.85. The Bertz CT molecular complexity index is 1380. The van der Waals surface area contributed by atoms with Crippen LogP contribution in [-0.4, -0.2) is 50.4 Å². The van der Waals surface area contributed by atoms with Crippen molar-refractivity contribution in [1.29, 1.82) is 0 Å². The van der Waals surface area contributed by atoms with E-state index in [1.807, 2.05) is 14.1 Å². The number of hydrogen-bond acceptors (Lipinski definition) is 8. The van der Waals surface area contributed by atoms with Crippen LogP contribution in [0.5, 0.6) is 0 Å². The Hall–Kier alpha value is -2.49. The highest BCUT2D eigenvalue weighted by Crippen LogP contribution is 2.40. The quantitative estimate of drug-likeness (QED) is 0.256. The zero-order valence-corrected chi connectivity index (χ0v) is 26.3. The molecule has 2 heterocycles. The molecule has 4 aromatic rings. The number of aliphatic hydroxyl groups excluding tert-OH is 1. The number of benzene rings is 2. The molecule has 0 radical (unpaired) electrons. The van der Waals surface area contributed by atoms with Gasteiger partial charge in [-0.05, 0) is 87.1 Å². The second-order valence-electron chi connectivity index (χ2n) is 10.6. The highest BCUT2D eigenvalue weighted by Gasteiger charge is 2.25. The van der Waals surface area contributed by atoms with Crippen molar-refractivity contribution < 1.29 is 9.84 Å². The zero-order valence-electron chi connectivity index (χ0n) is 23.9. The van der Waals surface area contributed by atoms with Crippen LogP contribution < -0.4 is 9.80 Å². The number of nitrogens with zero attached hydrogens (tertiary/aromatic N) is 4. The van der Waals surface area contributed by atoms with Gasteiger partial charge in [-0.1, -0.05) is 0 Å². The number of rotatable bonds is 5. The predicted molar refractivity (Wildman–Crippen MR) is 172 cm³/mol. The fourth-order valence-electron chi connectivity index (χ4n) is 5.05. The number of aromatic nitrogens is 2. The number of aliphatic hydroxyl groups is 1. The minimum atomic E-state index is -0.309. The summed E-state index contributed by atoms with van der Waals surface area (Å²) in [4.78, 5) is 16.1. The molecule has 2 aliphatic carbocycles. The minimum absolute atomic E-state index is 0. The number of thiazole rings is 2. The highest BCUT2D eigenvalue weighted by molar-refractivity contribution is 7.15. The van der Waals surface area contributed by atoms with Crippen LogP contribution in [0.1, 0.15) is 59.0 Å². The lowest BCUT2D eigenvalue weighted by Crippen LogP contribution is -2.08. The number of aryl methyl sites for hydroxylation is 2. The summed E-state index contributed by atoms with van der Waals surface area (Å²) in [7, 11) is 9.98. The van der Waals surface area contributed by atoms with Crippen LogP contribution in [0.4, 0.5) is 11.4 Å². The summed E-state index contributed by atoms with van der Waals surface area (Å²) in [6, 6.07) is 17.0. The molecule has 2 atom stereocenters. The predicted octanol–water partition coefficient (Wildman–Crippen LogP) is 7.57. The van der Waals surface area contributed by atoms with Gasteiger partial charge in [-0.25, -0.2) is 9.97 Å². The molecule has 0 aliphatic heterocycles. The van der Waals surface area contributed by atoms with Gasteiger partial charge in [0.1, 0.15) is 10.0 Å². The van der Waals surface area contributed by atoms with E-state index in [9.17, 15) is 5.11 Å². The third kappa shape index (κ3) is 6.69. The lowest BCUT2D eigenvalue weighted by atomic mass is 10.0. The smallest absolute Gasteiger partial charge is 0.123 e. The van der Waals surface area contributed by atoms with Crippen LogP contribution in [0.2, 0.25) is 0 Å². The summed E-state index contributed by atoms with van der Waals surface area (Å²) in [5.41, 5.74) is 7.06. The van der Waals surface area contributed by atoms with Crippen molar-refractivity contribution in [2.45, 2.75) is 50.7 Å². The fourth-order valence-corrected chi connectivity index (χ4v) is 7.42. The normalized spacial score (nSPS) is 17.6. The SMILES string of the molecule is CN(C)c1ccc(-c2nc3c(s2)C(O)CCC3)cc1.COC1CCCc2nc(-c3ccc(N(C)C)cc3)sc21.Cl. The summed E-state index contributed by atoms with van der Waals surface area (Å²) in [6.45, 7) is 0. The van der Waals surface area contributed by atoms with E-state index in [0.29, 0.717) is 0 Å². The van der Waals surface area contributed by atoms with Gasteiger partial charge >= 0.3 is 0 Å². The lowest BCUT2D eigenvalue weighted by Gasteiger charge is -2.19. The van der Waals surface area contributed by atoms with Crippen LogP contribution in [0.3, 0.4) is 0 Å². The van der Waals surface area contributed by atoms with Crippen LogP contribution in [-0.2, 0) is 17.6 Å². The van der Waals surface area contributed by atoms with Crippen molar-refractivity contribution in [3.8, 4) is 21.1 Å². The lowest BCUT2D eigenvalue weighted by molar-refractivity contribution is 0.0908. The van der Waals surface area contributed by atoms with E-state index in [1.54, 1.807) is 29.8 Å². The van der Waals surface area contributed by atoms with Gasteiger partial charge in [0.25, 0.3) is 0 Å². The zero-order chi connectivity index (χ0) is 27.5. The average molecular weight is 599 g/mol. The maximum Gasteiger partial charge on any atom is 0.123 e. The van der Waals surface area contributed by atoms with Gasteiger partial charge in [-0.15, -0.1) is 35.1 Å². The first-order valence-corrected chi connectivity index (χ1v) is 15.2. The maximum absolute atomic E-state index is 10.0. The van der Waals surface area contributed by atoms with Crippen molar-refractivity contribution in [3.05, 3.63) is 69.7 Å². The second-order valence-corrected chi connectivity index (χ2v) is 12.6. The molecule has 0 amide bonds.